The van der Waals surface area contributed by atoms with Crippen molar-refractivity contribution < 1.29 is 17.9 Å². The van der Waals surface area contributed by atoms with E-state index in [0.717, 1.165) is 0 Å². The molecule has 0 aliphatic rings. The highest BCUT2D eigenvalue weighted by Crippen LogP contribution is 2.37. The number of hydrogen-bond donors (Lipinski definition) is 2. The molecule has 0 spiro atoms. The van der Waals surface area contributed by atoms with Gasteiger partial charge in [0.25, 0.3) is 15.9 Å². The number of carbonyl (C=O) groups is 1. The summed E-state index contributed by atoms with van der Waals surface area (Å²) in [6.07, 6.45) is 0. The molecule has 0 radical (unpaired) electrons. The molecule has 1 amide bonds. The molecule has 0 unspecified atom stereocenters. The van der Waals surface area contributed by atoms with E-state index in [-0.39, 0.29) is 28.4 Å². The summed E-state index contributed by atoms with van der Waals surface area (Å²) < 4.78 is 32.7. The molecule has 3 rings (SSSR count). The van der Waals surface area contributed by atoms with E-state index in [9.17, 15) is 13.2 Å². The first kappa shape index (κ1) is 21.2. The van der Waals surface area contributed by atoms with E-state index in [4.69, 9.17) is 16.3 Å². The molecule has 0 atom stereocenters. The van der Waals surface area contributed by atoms with Crippen molar-refractivity contribution in [3.05, 3.63) is 53.3 Å². The zero-order valence-electron chi connectivity index (χ0n) is 15.5. The molecular formula is C18H17ClN4O4S2. The van der Waals surface area contributed by atoms with Gasteiger partial charge in [0.05, 0.1) is 15.5 Å². The SMILES string of the molecule is COCC(=O)Nc1nc(C)c(-c2ccc(Cl)nc2NS(=O)(=O)c2ccccc2)s1. The van der Waals surface area contributed by atoms with Gasteiger partial charge in [-0.3, -0.25) is 14.8 Å². The van der Waals surface area contributed by atoms with Crippen LogP contribution in [0, 0.1) is 6.92 Å². The number of halogens is 1. The Balaban J connectivity index is 1.98. The van der Waals surface area contributed by atoms with Gasteiger partial charge in [-0.25, -0.2) is 18.4 Å². The van der Waals surface area contributed by atoms with Crippen LogP contribution in [0.1, 0.15) is 5.69 Å². The van der Waals surface area contributed by atoms with E-state index < -0.39 is 10.0 Å². The van der Waals surface area contributed by atoms with E-state index in [2.05, 4.69) is 20.0 Å². The van der Waals surface area contributed by atoms with Gasteiger partial charge in [-0.1, -0.05) is 41.1 Å². The van der Waals surface area contributed by atoms with Gasteiger partial charge in [-0.05, 0) is 31.2 Å². The topological polar surface area (TPSA) is 110 Å². The number of sulfonamides is 1. The van der Waals surface area contributed by atoms with Crippen LogP contribution in [-0.2, 0) is 19.6 Å². The van der Waals surface area contributed by atoms with Crippen LogP contribution in [0.3, 0.4) is 0 Å². The first-order valence-corrected chi connectivity index (χ1v) is 11.0. The number of pyridine rings is 1. The van der Waals surface area contributed by atoms with Crippen molar-refractivity contribution in [3.8, 4) is 10.4 Å². The van der Waals surface area contributed by atoms with Crippen LogP contribution in [-0.4, -0.2) is 38.0 Å². The van der Waals surface area contributed by atoms with Crippen molar-refractivity contribution >= 4 is 49.8 Å². The summed E-state index contributed by atoms with van der Waals surface area (Å²) in [6, 6.07) is 11.1. The van der Waals surface area contributed by atoms with Crippen LogP contribution in [0.5, 0.6) is 0 Å². The van der Waals surface area contributed by atoms with E-state index in [1.54, 1.807) is 37.3 Å². The monoisotopic (exact) mass is 452 g/mol. The van der Waals surface area contributed by atoms with Gasteiger partial charge in [0.1, 0.15) is 17.6 Å². The molecule has 152 valence electrons. The second-order valence-electron chi connectivity index (χ2n) is 5.86. The van der Waals surface area contributed by atoms with Crippen molar-refractivity contribution in [1.29, 1.82) is 0 Å². The number of nitrogens with one attached hydrogen (secondary N) is 2. The first-order valence-electron chi connectivity index (χ1n) is 8.31. The number of amides is 1. The summed E-state index contributed by atoms with van der Waals surface area (Å²) >= 11 is 7.19. The lowest BCUT2D eigenvalue weighted by Gasteiger charge is -2.11. The molecule has 3 aromatic rings. The molecule has 0 aliphatic heterocycles. The molecule has 2 N–H and O–H groups in total. The Morgan fingerprint density at radius 1 is 1.17 bits per heavy atom. The Labute approximate surface area is 177 Å². The summed E-state index contributed by atoms with van der Waals surface area (Å²) in [5, 5.41) is 3.14. The maximum Gasteiger partial charge on any atom is 0.263 e. The molecule has 8 nitrogen and oxygen atoms in total. The molecule has 2 heterocycles. The maximum atomic E-state index is 12.7. The summed E-state index contributed by atoms with van der Waals surface area (Å²) in [6.45, 7) is 1.65. The van der Waals surface area contributed by atoms with Gasteiger partial charge >= 0.3 is 0 Å². The fraction of sp³-hybridized carbons (Fsp3) is 0.167. The molecule has 1 aromatic carbocycles. The molecule has 0 aliphatic carbocycles. The number of anilines is 2. The summed E-state index contributed by atoms with van der Waals surface area (Å²) in [4.78, 5) is 20.9. The second kappa shape index (κ2) is 8.87. The number of aryl methyl sites for hydroxylation is 1. The van der Waals surface area contributed by atoms with E-state index in [1.165, 1.54) is 30.6 Å². The average molecular weight is 453 g/mol. The fourth-order valence-corrected chi connectivity index (χ4v) is 4.67. The number of carbonyl (C=O) groups excluding carboxylic acids is 1. The smallest absolute Gasteiger partial charge is 0.263 e. The van der Waals surface area contributed by atoms with Crippen LogP contribution >= 0.6 is 22.9 Å². The van der Waals surface area contributed by atoms with Crippen LogP contribution in [0.15, 0.2) is 47.4 Å². The molecule has 2 aromatic heterocycles. The van der Waals surface area contributed by atoms with E-state index in [0.29, 0.717) is 21.3 Å². The predicted octanol–water partition coefficient (Wildman–Crippen LogP) is 3.55. The zero-order chi connectivity index (χ0) is 21.0. The number of methoxy groups -OCH3 is 1. The number of hydrogen-bond acceptors (Lipinski definition) is 7. The number of rotatable bonds is 7. The van der Waals surface area contributed by atoms with Crippen molar-refractivity contribution in [1.82, 2.24) is 9.97 Å². The summed E-state index contributed by atoms with van der Waals surface area (Å²) in [7, 11) is -2.45. The zero-order valence-corrected chi connectivity index (χ0v) is 17.9. The Hall–Kier alpha value is -2.53. The van der Waals surface area contributed by atoms with Crippen molar-refractivity contribution in [2.75, 3.05) is 23.8 Å². The minimum atomic E-state index is -3.87. The van der Waals surface area contributed by atoms with Crippen LogP contribution < -0.4 is 10.0 Å². The highest BCUT2D eigenvalue weighted by Gasteiger charge is 2.21. The number of benzene rings is 1. The average Bonchev–Trinajstić information content (AvgIpc) is 3.02. The third-order valence-electron chi connectivity index (χ3n) is 3.71. The lowest BCUT2D eigenvalue weighted by Crippen LogP contribution is -2.16. The Bertz CT molecular complexity index is 1130. The van der Waals surface area contributed by atoms with Crippen LogP contribution in [0.4, 0.5) is 10.9 Å². The van der Waals surface area contributed by atoms with Crippen molar-refractivity contribution in [2.45, 2.75) is 11.8 Å². The third kappa shape index (κ3) is 5.10. The lowest BCUT2D eigenvalue weighted by atomic mass is 10.2. The van der Waals surface area contributed by atoms with E-state index >= 15 is 0 Å². The minimum absolute atomic E-state index is 0.0721. The quantitative estimate of drug-likeness (QED) is 0.530. The molecule has 0 fully saturated rings. The molecule has 11 heteroatoms. The van der Waals surface area contributed by atoms with Gasteiger partial charge in [0, 0.05) is 12.7 Å². The lowest BCUT2D eigenvalue weighted by molar-refractivity contribution is -0.119. The third-order valence-corrected chi connectivity index (χ3v) is 6.38. The van der Waals surface area contributed by atoms with Gasteiger partial charge in [-0.15, -0.1) is 0 Å². The number of ether oxygens (including phenoxy) is 1. The highest BCUT2D eigenvalue weighted by atomic mass is 35.5. The van der Waals surface area contributed by atoms with Gasteiger partial charge in [-0.2, -0.15) is 0 Å². The van der Waals surface area contributed by atoms with E-state index in [1.807, 2.05) is 0 Å². The Morgan fingerprint density at radius 3 is 2.59 bits per heavy atom. The number of aromatic nitrogens is 2. The van der Waals surface area contributed by atoms with Crippen LogP contribution in [0.25, 0.3) is 10.4 Å². The van der Waals surface area contributed by atoms with Crippen molar-refractivity contribution in [3.63, 3.8) is 0 Å². The molecule has 0 saturated heterocycles. The minimum Gasteiger partial charge on any atom is -0.375 e. The highest BCUT2D eigenvalue weighted by molar-refractivity contribution is 7.92. The number of thiazole rings is 1. The Morgan fingerprint density at radius 2 is 1.90 bits per heavy atom. The first-order chi connectivity index (χ1) is 13.8. The second-order valence-corrected chi connectivity index (χ2v) is 8.93. The normalized spacial score (nSPS) is 11.3. The summed E-state index contributed by atoms with van der Waals surface area (Å²) in [5.74, 6) is -0.269. The largest absolute Gasteiger partial charge is 0.375 e. The van der Waals surface area contributed by atoms with Crippen molar-refractivity contribution in [2.24, 2.45) is 0 Å². The van der Waals surface area contributed by atoms with Crippen LogP contribution in [0.2, 0.25) is 5.15 Å². The summed E-state index contributed by atoms with van der Waals surface area (Å²) in [5.41, 5.74) is 1.10. The molecule has 0 bridgehead atoms. The van der Waals surface area contributed by atoms with Gasteiger partial charge < -0.3 is 4.74 Å². The Kier molecular flexibility index (Phi) is 6.48. The standard InChI is InChI=1S/C18H17ClN4O4S2/c1-11-16(28-18(20-11)22-15(24)10-27-2)13-8-9-14(19)21-17(13)23-29(25,26)12-6-4-3-5-7-12/h3-9H,10H2,1-2H3,(H,21,23)(H,20,22,24). The molecule has 29 heavy (non-hydrogen) atoms. The van der Waals surface area contributed by atoms with Gasteiger partial charge in [0.2, 0.25) is 0 Å². The fourth-order valence-electron chi connectivity index (χ4n) is 2.47. The molecular weight excluding hydrogens is 436 g/mol. The predicted molar refractivity (Wildman–Crippen MR) is 113 cm³/mol. The molecule has 0 saturated carbocycles. The van der Waals surface area contributed by atoms with Gasteiger partial charge in [0.15, 0.2) is 5.13 Å². The number of nitrogens with zero attached hydrogens (tertiary/aromatic N) is 2. The maximum absolute atomic E-state index is 12.7.